The van der Waals surface area contributed by atoms with Crippen LogP contribution in [0, 0.1) is 10.1 Å². The first-order chi connectivity index (χ1) is 12.5. The number of anilines is 1. The highest BCUT2D eigenvalue weighted by Crippen LogP contribution is 2.27. The van der Waals surface area contributed by atoms with Gasteiger partial charge in [0.2, 0.25) is 0 Å². The normalized spacial score (nSPS) is 9.77. The van der Waals surface area contributed by atoms with Crippen molar-refractivity contribution < 1.29 is 28.7 Å². The fourth-order valence-electron chi connectivity index (χ4n) is 1.94. The largest absolute Gasteiger partial charge is 0.494 e. The fourth-order valence-corrected chi connectivity index (χ4v) is 1.94. The number of benzene rings is 2. The summed E-state index contributed by atoms with van der Waals surface area (Å²) in [6, 6.07) is 11.3. The van der Waals surface area contributed by atoms with E-state index in [0.717, 1.165) is 12.1 Å². The Morgan fingerprint density at radius 2 is 1.73 bits per heavy atom. The van der Waals surface area contributed by atoms with Gasteiger partial charge >= 0.3 is 12.2 Å². The molecule has 2 aromatic carbocycles. The number of non-ortho nitro benzene ring substituents is 1. The Morgan fingerprint density at radius 3 is 2.31 bits per heavy atom. The molecule has 0 unspecified atom stereocenters. The van der Waals surface area contributed by atoms with Crippen LogP contribution in [0.15, 0.2) is 48.5 Å². The minimum atomic E-state index is -0.978. The van der Waals surface area contributed by atoms with Gasteiger partial charge < -0.3 is 14.2 Å². The highest BCUT2D eigenvalue weighted by Gasteiger charge is 2.24. The number of nitrogens with zero attached hydrogens (tertiary/aromatic N) is 2. The van der Waals surface area contributed by atoms with Crippen LogP contribution in [0.2, 0.25) is 0 Å². The predicted octanol–water partition coefficient (Wildman–Crippen LogP) is 2.88. The summed E-state index contributed by atoms with van der Waals surface area (Å²) in [6.45, 7) is 0. The summed E-state index contributed by atoms with van der Waals surface area (Å²) in [5.41, 5.74) is 2.26. The first-order valence-corrected chi connectivity index (χ1v) is 7.20. The molecule has 0 saturated heterocycles. The summed E-state index contributed by atoms with van der Waals surface area (Å²) in [4.78, 5) is 34.2. The number of carbonyl (C=O) groups excluding carboxylic acids is 2. The molecule has 0 aromatic heterocycles. The molecule has 0 radical (unpaired) electrons. The molecular formula is C16H15N3O7. The summed E-state index contributed by atoms with van der Waals surface area (Å²) >= 11 is 0. The van der Waals surface area contributed by atoms with Crippen LogP contribution >= 0.6 is 0 Å². The van der Waals surface area contributed by atoms with Crippen LogP contribution < -0.4 is 19.9 Å². The first-order valence-electron chi connectivity index (χ1n) is 7.20. The molecule has 2 rings (SSSR count). The molecule has 0 aliphatic rings. The van der Waals surface area contributed by atoms with Gasteiger partial charge in [-0.05, 0) is 24.3 Å². The Hall–Kier alpha value is -3.82. The van der Waals surface area contributed by atoms with Gasteiger partial charge in [0.15, 0.2) is 0 Å². The van der Waals surface area contributed by atoms with Crippen LogP contribution in [-0.2, 0) is 4.74 Å². The van der Waals surface area contributed by atoms with Crippen LogP contribution in [0.25, 0.3) is 0 Å². The summed E-state index contributed by atoms with van der Waals surface area (Å²) < 4.78 is 14.8. The van der Waals surface area contributed by atoms with Crippen LogP contribution in [0.1, 0.15) is 0 Å². The molecule has 1 N–H and O–H groups in total. The molecule has 2 amide bonds. The Balaban J connectivity index is 2.28. The molecule has 2 aromatic rings. The van der Waals surface area contributed by atoms with Gasteiger partial charge in [0, 0.05) is 12.1 Å². The van der Waals surface area contributed by atoms with E-state index in [1.165, 1.54) is 37.4 Å². The topological polar surface area (TPSA) is 120 Å². The van der Waals surface area contributed by atoms with Crippen LogP contribution in [-0.4, -0.2) is 31.3 Å². The minimum Gasteiger partial charge on any atom is -0.494 e. The number of carbonyl (C=O) groups is 2. The molecule has 26 heavy (non-hydrogen) atoms. The zero-order chi connectivity index (χ0) is 19.1. The predicted molar refractivity (Wildman–Crippen MR) is 90.1 cm³/mol. The van der Waals surface area contributed by atoms with E-state index in [1.54, 1.807) is 18.2 Å². The van der Waals surface area contributed by atoms with Crippen molar-refractivity contribution in [2.24, 2.45) is 0 Å². The van der Waals surface area contributed by atoms with Crippen molar-refractivity contribution in [2.75, 3.05) is 19.2 Å². The molecule has 0 aliphatic heterocycles. The molecule has 0 fully saturated rings. The molecule has 0 aliphatic carbocycles. The Bertz CT molecular complexity index is 808. The van der Waals surface area contributed by atoms with E-state index in [-0.39, 0.29) is 17.1 Å². The van der Waals surface area contributed by atoms with Crippen LogP contribution in [0.4, 0.5) is 21.0 Å². The van der Waals surface area contributed by atoms with E-state index in [4.69, 9.17) is 9.47 Å². The third-order valence-corrected chi connectivity index (χ3v) is 3.15. The maximum Gasteiger partial charge on any atom is 0.439 e. The Kier molecular flexibility index (Phi) is 5.93. The van der Waals surface area contributed by atoms with Gasteiger partial charge in [0.25, 0.3) is 5.69 Å². The van der Waals surface area contributed by atoms with E-state index in [2.05, 4.69) is 10.2 Å². The van der Waals surface area contributed by atoms with Gasteiger partial charge in [-0.25, -0.2) is 15.0 Å². The van der Waals surface area contributed by atoms with Crippen molar-refractivity contribution in [2.45, 2.75) is 0 Å². The lowest BCUT2D eigenvalue weighted by Gasteiger charge is -2.23. The average Bonchev–Trinajstić information content (AvgIpc) is 2.66. The molecule has 136 valence electrons. The van der Waals surface area contributed by atoms with Crippen molar-refractivity contribution in [1.82, 2.24) is 5.43 Å². The maximum absolute atomic E-state index is 12.5. The minimum absolute atomic E-state index is 0.0483. The van der Waals surface area contributed by atoms with Crippen molar-refractivity contribution in [3.05, 3.63) is 58.6 Å². The highest BCUT2D eigenvalue weighted by atomic mass is 16.6. The maximum atomic E-state index is 12.5. The lowest BCUT2D eigenvalue weighted by Crippen LogP contribution is -2.48. The lowest BCUT2D eigenvalue weighted by atomic mass is 10.3. The number of hydrogen-bond donors (Lipinski definition) is 1. The van der Waals surface area contributed by atoms with E-state index < -0.39 is 17.1 Å². The molecular weight excluding hydrogens is 346 g/mol. The van der Waals surface area contributed by atoms with Gasteiger partial charge in [0.1, 0.15) is 17.2 Å². The van der Waals surface area contributed by atoms with Crippen LogP contribution in [0.5, 0.6) is 11.5 Å². The molecule has 0 heterocycles. The van der Waals surface area contributed by atoms with Crippen molar-refractivity contribution in [3.63, 3.8) is 0 Å². The van der Waals surface area contributed by atoms with Crippen molar-refractivity contribution in [1.29, 1.82) is 0 Å². The van der Waals surface area contributed by atoms with E-state index in [9.17, 15) is 19.7 Å². The summed E-state index contributed by atoms with van der Waals surface area (Å²) in [7, 11) is 2.54. The fraction of sp³-hybridized carbons (Fsp3) is 0.125. The van der Waals surface area contributed by atoms with Crippen molar-refractivity contribution in [3.8, 4) is 11.5 Å². The lowest BCUT2D eigenvalue weighted by molar-refractivity contribution is -0.384. The van der Waals surface area contributed by atoms with E-state index in [1.807, 2.05) is 0 Å². The van der Waals surface area contributed by atoms with Gasteiger partial charge in [-0.1, -0.05) is 12.1 Å². The number of nitro groups is 1. The average molecular weight is 361 g/mol. The first kappa shape index (κ1) is 18.5. The molecule has 10 nitrogen and oxygen atoms in total. The summed E-state index contributed by atoms with van der Waals surface area (Å²) in [5.74, 6) is 0.344. The van der Waals surface area contributed by atoms with Crippen molar-refractivity contribution >= 4 is 23.6 Å². The number of hydrazine groups is 1. The van der Waals surface area contributed by atoms with E-state index >= 15 is 0 Å². The molecule has 0 saturated carbocycles. The zero-order valence-corrected chi connectivity index (χ0v) is 13.9. The molecule has 10 heteroatoms. The van der Waals surface area contributed by atoms with Gasteiger partial charge in [0.05, 0.1) is 19.1 Å². The SMILES string of the molecule is COC(=O)NN(C(=O)Oc1ccc([N+](=O)[O-])cc1)c1ccccc1OC. The van der Waals surface area contributed by atoms with E-state index in [0.29, 0.717) is 5.75 Å². The van der Waals surface area contributed by atoms with Gasteiger partial charge in [-0.2, -0.15) is 5.01 Å². The second-order valence-corrected chi connectivity index (χ2v) is 4.73. The molecule has 0 spiro atoms. The standard InChI is InChI=1S/C16H15N3O7/c1-24-14-6-4-3-5-13(14)18(17-15(20)25-2)16(21)26-12-9-7-11(8-10-12)19(22)23/h3-10H,1-2H3,(H,17,20). The zero-order valence-electron chi connectivity index (χ0n) is 13.9. The quantitative estimate of drug-likeness (QED) is 0.656. The Labute approximate surface area is 148 Å². The second kappa shape index (κ2) is 8.33. The third kappa shape index (κ3) is 4.38. The third-order valence-electron chi connectivity index (χ3n) is 3.15. The van der Waals surface area contributed by atoms with Gasteiger partial charge in [-0.3, -0.25) is 10.1 Å². The number of nitro benzene ring substituents is 1. The number of ether oxygens (including phenoxy) is 3. The number of hydrogen-bond acceptors (Lipinski definition) is 7. The highest BCUT2D eigenvalue weighted by molar-refractivity contribution is 5.93. The number of nitrogens with one attached hydrogen (secondary N) is 1. The summed E-state index contributed by atoms with van der Waals surface area (Å²) in [6.07, 6.45) is -1.88. The molecule has 0 bridgehead atoms. The number of para-hydroxylation sites is 2. The van der Waals surface area contributed by atoms with Gasteiger partial charge in [-0.15, -0.1) is 0 Å². The second-order valence-electron chi connectivity index (χ2n) is 4.73. The number of amides is 2. The smallest absolute Gasteiger partial charge is 0.439 e. The monoisotopic (exact) mass is 361 g/mol. The molecule has 0 atom stereocenters. The van der Waals surface area contributed by atoms with Crippen LogP contribution in [0.3, 0.4) is 0 Å². The number of methoxy groups -OCH3 is 2. The summed E-state index contributed by atoms with van der Waals surface area (Å²) in [5, 5.41) is 11.5. The number of rotatable bonds is 4. The Morgan fingerprint density at radius 1 is 1.08 bits per heavy atom.